The smallest absolute Gasteiger partial charge is 0.291 e. The Morgan fingerprint density at radius 2 is 1.96 bits per heavy atom. The summed E-state index contributed by atoms with van der Waals surface area (Å²) < 4.78 is 10.9. The molecule has 1 aliphatic carbocycles. The SMILES string of the molecule is COc1ccc(NC(=O)c2oc3c(c2C)/C(=N/N=C(N)N)CCC3)cc1. The van der Waals surface area contributed by atoms with Gasteiger partial charge in [0, 0.05) is 23.2 Å². The Balaban J connectivity index is 1.88. The number of guanidine groups is 1. The first kappa shape index (κ1) is 17.5. The normalized spacial score (nSPS) is 14.6. The number of hydrogen-bond donors (Lipinski definition) is 3. The van der Waals surface area contributed by atoms with E-state index in [2.05, 4.69) is 15.5 Å². The zero-order chi connectivity index (χ0) is 18.7. The summed E-state index contributed by atoms with van der Waals surface area (Å²) in [5.74, 6) is 1.29. The number of carbonyl (C=O) groups is 1. The summed E-state index contributed by atoms with van der Waals surface area (Å²) in [5, 5.41) is 10.7. The molecule has 1 aliphatic rings. The number of ether oxygens (including phenoxy) is 1. The Hall–Kier alpha value is -3.29. The summed E-state index contributed by atoms with van der Waals surface area (Å²) in [6.45, 7) is 1.83. The van der Waals surface area contributed by atoms with Gasteiger partial charge in [0.1, 0.15) is 11.5 Å². The van der Waals surface area contributed by atoms with Gasteiger partial charge in [0.05, 0.1) is 12.8 Å². The summed E-state index contributed by atoms with van der Waals surface area (Å²) in [6, 6.07) is 7.08. The van der Waals surface area contributed by atoms with Crippen LogP contribution in [0.4, 0.5) is 5.69 Å². The van der Waals surface area contributed by atoms with E-state index in [-0.39, 0.29) is 17.6 Å². The molecule has 1 aromatic heterocycles. The van der Waals surface area contributed by atoms with Gasteiger partial charge in [-0.15, -0.1) is 5.10 Å². The lowest BCUT2D eigenvalue weighted by atomic mass is 9.93. The molecule has 0 radical (unpaired) electrons. The Morgan fingerprint density at radius 3 is 2.62 bits per heavy atom. The number of anilines is 1. The Kier molecular flexibility index (Phi) is 4.92. The molecule has 0 atom stereocenters. The molecule has 1 aromatic carbocycles. The summed E-state index contributed by atoms with van der Waals surface area (Å²) in [6.07, 6.45) is 2.33. The van der Waals surface area contributed by atoms with Crippen LogP contribution >= 0.6 is 0 Å². The number of nitrogens with one attached hydrogen (secondary N) is 1. The van der Waals surface area contributed by atoms with Crippen molar-refractivity contribution in [1.82, 2.24) is 0 Å². The highest BCUT2D eigenvalue weighted by atomic mass is 16.5. The number of nitrogens with zero attached hydrogens (tertiary/aromatic N) is 2. The molecule has 1 amide bonds. The van der Waals surface area contributed by atoms with E-state index >= 15 is 0 Å². The van der Waals surface area contributed by atoms with Crippen LogP contribution in [0.15, 0.2) is 38.9 Å². The third-order valence-corrected chi connectivity index (χ3v) is 4.17. The van der Waals surface area contributed by atoms with Crippen molar-refractivity contribution in [3.05, 3.63) is 46.9 Å². The van der Waals surface area contributed by atoms with E-state index in [0.717, 1.165) is 41.9 Å². The Labute approximate surface area is 150 Å². The predicted molar refractivity (Wildman–Crippen MR) is 99.7 cm³/mol. The third kappa shape index (κ3) is 3.53. The molecule has 26 heavy (non-hydrogen) atoms. The fraction of sp³-hybridized carbons (Fsp3) is 0.278. The quantitative estimate of drug-likeness (QED) is 0.440. The Bertz CT molecular complexity index is 877. The molecular weight excluding hydrogens is 334 g/mol. The topological polar surface area (TPSA) is 128 Å². The van der Waals surface area contributed by atoms with Crippen molar-refractivity contribution in [1.29, 1.82) is 0 Å². The summed E-state index contributed by atoms with van der Waals surface area (Å²) in [4.78, 5) is 12.6. The molecule has 136 valence electrons. The van der Waals surface area contributed by atoms with Crippen LogP contribution in [0.25, 0.3) is 0 Å². The van der Waals surface area contributed by atoms with Crippen molar-refractivity contribution in [3.8, 4) is 5.75 Å². The maximum Gasteiger partial charge on any atom is 0.291 e. The van der Waals surface area contributed by atoms with E-state index in [9.17, 15) is 4.79 Å². The molecule has 0 saturated carbocycles. The van der Waals surface area contributed by atoms with Crippen LogP contribution < -0.4 is 21.5 Å². The Morgan fingerprint density at radius 1 is 1.23 bits per heavy atom. The lowest BCUT2D eigenvalue weighted by Crippen LogP contribution is -2.22. The van der Waals surface area contributed by atoms with Crippen LogP contribution in [-0.2, 0) is 6.42 Å². The molecule has 0 saturated heterocycles. The van der Waals surface area contributed by atoms with Crippen LogP contribution in [0, 0.1) is 6.92 Å². The molecular formula is C18H21N5O3. The van der Waals surface area contributed by atoms with Gasteiger partial charge in [-0.25, -0.2) is 0 Å². The minimum Gasteiger partial charge on any atom is -0.497 e. The fourth-order valence-corrected chi connectivity index (χ4v) is 2.97. The van der Waals surface area contributed by atoms with Gasteiger partial charge < -0.3 is 25.9 Å². The maximum atomic E-state index is 12.6. The maximum absolute atomic E-state index is 12.6. The molecule has 5 N–H and O–H groups in total. The van der Waals surface area contributed by atoms with Gasteiger partial charge in [-0.1, -0.05) is 0 Å². The number of fused-ring (bicyclic) bond motifs is 1. The monoisotopic (exact) mass is 355 g/mol. The van der Waals surface area contributed by atoms with Crippen molar-refractivity contribution in [3.63, 3.8) is 0 Å². The van der Waals surface area contributed by atoms with Gasteiger partial charge >= 0.3 is 0 Å². The molecule has 1 heterocycles. The summed E-state index contributed by atoms with van der Waals surface area (Å²) in [7, 11) is 1.59. The van der Waals surface area contributed by atoms with Crippen molar-refractivity contribution in [2.75, 3.05) is 12.4 Å². The average molecular weight is 355 g/mol. The zero-order valence-corrected chi connectivity index (χ0v) is 14.7. The lowest BCUT2D eigenvalue weighted by Gasteiger charge is -2.11. The number of furan rings is 1. The number of nitrogens with two attached hydrogens (primary N) is 2. The largest absolute Gasteiger partial charge is 0.497 e. The molecule has 0 aliphatic heterocycles. The summed E-state index contributed by atoms with van der Waals surface area (Å²) in [5.41, 5.74) is 13.6. The third-order valence-electron chi connectivity index (χ3n) is 4.17. The van der Waals surface area contributed by atoms with E-state index in [1.54, 1.807) is 31.4 Å². The molecule has 8 nitrogen and oxygen atoms in total. The van der Waals surface area contributed by atoms with Gasteiger partial charge in [-0.2, -0.15) is 5.10 Å². The van der Waals surface area contributed by atoms with E-state index in [1.807, 2.05) is 6.92 Å². The molecule has 8 heteroatoms. The van der Waals surface area contributed by atoms with E-state index < -0.39 is 0 Å². The molecule has 0 unspecified atom stereocenters. The van der Waals surface area contributed by atoms with Crippen molar-refractivity contribution in [2.45, 2.75) is 26.2 Å². The minimum atomic E-state index is -0.316. The average Bonchev–Trinajstić information content (AvgIpc) is 2.98. The highest BCUT2D eigenvalue weighted by Crippen LogP contribution is 2.30. The van der Waals surface area contributed by atoms with Gasteiger partial charge in [0.25, 0.3) is 5.91 Å². The fourth-order valence-electron chi connectivity index (χ4n) is 2.97. The molecule has 2 aromatic rings. The van der Waals surface area contributed by atoms with Gasteiger partial charge in [-0.05, 0) is 44.0 Å². The number of benzene rings is 1. The lowest BCUT2D eigenvalue weighted by molar-refractivity contribution is 0.0994. The molecule has 0 spiro atoms. The van der Waals surface area contributed by atoms with Crippen LogP contribution in [0.1, 0.15) is 40.3 Å². The first-order valence-electron chi connectivity index (χ1n) is 8.23. The van der Waals surface area contributed by atoms with E-state index in [0.29, 0.717) is 11.4 Å². The van der Waals surface area contributed by atoms with E-state index in [1.165, 1.54) is 0 Å². The standard InChI is InChI=1S/C18H21N5O3/c1-10-15-13(22-23-18(19)20)4-3-5-14(15)26-16(10)17(24)21-11-6-8-12(25-2)9-7-11/h6-9H,3-5H2,1-2H3,(H,21,24)(H4,19,20,23)/b22-13+. The van der Waals surface area contributed by atoms with Crippen LogP contribution in [-0.4, -0.2) is 24.7 Å². The number of aryl methyl sites for hydroxylation is 1. The van der Waals surface area contributed by atoms with Crippen LogP contribution in [0.2, 0.25) is 0 Å². The second kappa shape index (κ2) is 7.30. The zero-order valence-electron chi connectivity index (χ0n) is 14.7. The number of carbonyl (C=O) groups excluding carboxylic acids is 1. The van der Waals surface area contributed by atoms with Gasteiger partial charge in [0.2, 0.25) is 5.96 Å². The highest BCUT2D eigenvalue weighted by Gasteiger charge is 2.28. The molecule has 3 rings (SSSR count). The first-order valence-corrected chi connectivity index (χ1v) is 8.23. The minimum absolute atomic E-state index is 0.108. The predicted octanol–water partition coefficient (Wildman–Crippen LogP) is 2.16. The van der Waals surface area contributed by atoms with Gasteiger partial charge in [-0.3, -0.25) is 4.79 Å². The van der Waals surface area contributed by atoms with Crippen molar-refractivity contribution < 1.29 is 13.9 Å². The molecule has 0 fully saturated rings. The van der Waals surface area contributed by atoms with Crippen molar-refractivity contribution >= 4 is 23.3 Å². The number of methoxy groups -OCH3 is 1. The summed E-state index contributed by atoms with van der Waals surface area (Å²) >= 11 is 0. The van der Waals surface area contributed by atoms with Crippen LogP contribution in [0.5, 0.6) is 5.75 Å². The second-order valence-corrected chi connectivity index (χ2v) is 5.96. The number of hydrogen-bond acceptors (Lipinski definition) is 5. The molecule has 0 bridgehead atoms. The van der Waals surface area contributed by atoms with Crippen molar-refractivity contribution in [2.24, 2.45) is 21.7 Å². The second-order valence-electron chi connectivity index (χ2n) is 5.96. The van der Waals surface area contributed by atoms with E-state index in [4.69, 9.17) is 20.6 Å². The first-order chi connectivity index (χ1) is 12.5. The number of amides is 1. The van der Waals surface area contributed by atoms with Gasteiger partial charge in [0.15, 0.2) is 5.76 Å². The number of rotatable bonds is 4. The van der Waals surface area contributed by atoms with Crippen LogP contribution in [0.3, 0.4) is 0 Å². The highest BCUT2D eigenvalue weighted by molar-refractivity contribution is 6.09.